The number of aliphatic carboxylic acids is 1. The number of aliphatic hydroxyl groups excluding tert-OH is 1. The zero-order valence-electron chi connectivity index (χ0n) is 14.6. The molecular formula is C16H30N2O5. The van der Waals surface area contributed by atoms with Crippen molar-refractivity contribution >= 4 is 17.8 Å². The summed E-state index contributed by atoms with van der Waals surface area (Å²) in [6, 6.07) is -1.55. The molecule has 0 aliphatic carbocycles. The van der Waals surface area contributed by atoms with Gasteiger partial charge in [-0.25, -0.2) is 0 Å². The van der Waals surface area contributed by atoms with Crippen LogP contribution in [0.3, 0.4) is 0 Å². The Morgan fingerprint density at radius 1 is 0.870 bits per heavy atom. The van der Waals surface area contributed by atoms with Crippen molar-refractivity contribution in [1.82, 2.24) is 10.6 Å². The molecule has 0 aromatic heterocycles. The molecule has 3 atom stereocenters. The van der Waals surface area contributed by atoms with E-state index in [4.69, 9.17) is 5.11 Å². The first-order valence-corrected chi connectivity index (χ1v) is 8.02. The monoisotopic (exact) mass is 330 g/mol. The van der Waals surface area contributed by atoms with Gasteiger partial charge in [-0.2, -0.15) is 0 Å². The highest BCUT2D eigenvalue weighted by Crippen LogP contribution is 2.12. The lowest BCUT2D eigenvalue weighted by Gasteiger charge is -2.26. The summed E-state index contributed by atoms with van der Waals surface area (Å²) in [5, 5.41) is 24.1. The van der Waals surface area contributed by atoms with Crippen molar-refractivity contribution in [1.29, 1.82) is 0 Å². The van der Waals surface area contributed by atoms with E-state index >= 15 is 0 Å². The third-order valence-electron chi connectivity index (χ3n) is 3.27. The lowest BCUT2D eigenvalue weighted by atomic mass is 9.96. The molecule has 0 spiro atoms. The summed E-state index contributed by atoms with van der Waals surface area (Å²) in [6.45, 7) is 9.12. The van der Waals surface area contributed by atoms with E-state index in [1.807, 2.05) is 27.7 Å². The predicted octanol–water partition coefficient (Wildman–Crippen LogP) is 0.904. The average molecular weight is 330 g/mol. The molecule has 0 aliphatic heterocycles. The van der Waals surface area contributed by atoms with E-state index in [1.165, 1.54) is 6.92 Å². The van der Waals surface area contributed by atoms with Crippen molar-refractivity contribution in [2.45, 2.75) is 72.1 Å². The zero-order chi connectivity index (χ0) is 18.2. The van der Waals surface area contributed by atoms with Gasteiger partial charge < -0.3 is 20.8 Å². The third-order valence-corrected chi connectivity index (χ3v) is 3.27. The van der Waals surface area contributed by atoms with Crippen molar-refractivity contribution in [3.05, 3.63) is 0 Å². The Kier molecular flexibility index (Phi) is 9.48. The predicted molar refractivity (Wildman–Crippen MR) is 86.7 cm³/mol. The minimum absolute atomic E-state index is 0.163. The first-order valence-electron chi connectivity index (χ1n) is 8.02. The van der Waals surface area contributed by atoms with Gasteiger partial charge in [0, 0.05) is 6.42 Å². The van der Waals surface area contributed by atoms with Crippen molar-refractivity contribution in [2.24, 2.45) is 11.8 Å². The Hall–Kier alpha value is -1.63. The minimum atomic E-state index is -1.14. The fourth-order valence-electron chi connectivity index (χ4n) is 2.15. The highest BCUT2D eigenvalue weighted by atomic mass is 16.4. The maximum atomic E-state index is 11.9. The summed E-state index contributed by atoms with van der Waals surface area (Å²) in [4.78, 5) is 34.4. The van der Waals surface area contributed by atoms with E-state index in [0.29, 0.717) is 12.8 Å². The zero-order valence-corrected chi connectivity index (χ0v) is 14.6. The number of amides is 2. The number of nitrogens with one attached hydrogen (secondary N) is 2. The number of hydrogen-bond donors (Lipinski definition) is 4. The van der Waals surface area contributed by atoms with Gasteiger partial charge in [-0.1, -0.05) is 27.7 Å². The number of carboxylic acids is 1. The number of hydrogen-bond acceptors (Lipinski definition) is 4. The van der Waals surface area contributed by atoms with Gasteiger partial charge in [-0.15, -0.1) is 0 Å². The second kappa shape index (κ2) is 10.2. The first-order chi connectivity index (χ1) is 10.5. The van der Waals surface area contributed by atoms with Crippen LogP contribution in [0.5, 0.6) is 0 Å². The Bertz CT molecular complexity index is 409. The summed E-state index contributed by atoms with van der Waals surface area (Å²) in [6.07, 6.45) is -0.428. The van der Waals surface area contributed by atoms with Gasteiger partial charge in [0.05, 0.1) is 18.6 Å². The Morgan fingerprint density at radius 3 is 1.83 bits per heavy atom. The molecule has 0 fully saturated rings. The third kappa shape index (κ3) is 9.89. The molecule has 2 amide bonds. The van der Waals surface area contributed by atoms with Gasteiger partial charge in [0.1, 0.15) is 6.04 Å². The van der Waals surface area contributed by atoms with Crippen molar-refractivity contribution in [3.63, 3.8) is 0 Å². The molecular weight excluding hydrogens is 300 g/mol. The Morgan fingerprint density at radius 2 is 1.39 bits per heavy atom. The van der Waals surface area contributed by atoms with E-state index in [9.17, 15) is 19.5 Å². The molecule has 7 nitrogen and oxygen atoms in total. The summed E-state index contributed by atoms with van der Waals surface area (Å²) in [7, 11) is 0. The highest BCUT2D eigenvalue weighted by molar-refractivity contribution is 5.83. The fraction of sp³-hybridized carbons (Fsp3) is 0.812. The van der Waals surface area contributed by atoms with Gasteiger partial charge in [-0.05, 0) is 25.2 Å². The SMILES string of the molecule is CC(C)CC(=O)N[C@@H](CC(C)C)[C@@H](O)CC(=O)N[C@@H](C)C(=O)O. The maximum absolute atomic E-state index is 11.9. The van der Waals surface area contributed by atoms with Crippen LogP contribution in [0.4, 0.5) is 0 Å². The molecule has 0 saturated carbocycles. The standard InChI is InChI=1S/C16H30N2O5/c1-9(2)6-12(18-14(20)7-10(3)4)13(19)8-15(21)17-11(5)16(22)23/h9-13,19H,6-8H2,1-5H3,(H,17,21)(H,18,20)(H,22,23)/t11-,12-,13-/m0/s1. The number of carbonyl (C=O) groups excluding carboxylic acids is 2. The molecule has 0 unspecified atom stereocenters. The lowest BCUT2D eigenvalue weighted by molar-refractivity contribution is -0.141. The van der Waals surface area contributed by atoms with Crippen LogP contribution in [0.25, 0.3) is 0 Å². The normalized spacial score (nSPS) is 15.1. The summed E-state index contributed by atoms with van der Waals surface area (Å²) in [5.41, 5.74) is 0. The molecule has 23 heavy (non-hydrogen) atoms. The van der Waals surface area contributed by atoms with Crippen LogP contribution in [-0.4, -0.2) is 46.2 Å². The van der Waals surface area contributed by atoms with Crippen LogP contribution in [0, 0.1) is 11.8 Å². The maximum Gasteiger partial charge on any atom is 0.325 e. The molecule has 134 valence electrons. The number of carboxylic acid groups (broad SMARTS) is 1. The highest BCUT2D eigenvalue weighted by Gasteiger charge is 2.26. The van der Waals surface area contributed by atoms with Gasteiger partial charge in [0.2, 0.25) is 11.8 Å². The molecule has 0 heterocycles. The summed E-state index contributed by atoms with van der Waals surface area (Å²) in [5.74, 6) is -1.43. The fourth-order valence-corrected chi connectivity index (χ4v) is 2.15. The van der Waals surface area contributed by atoms with Crippen LogP contribution in [-0.2, 0) is 14.4 Å². The van der Waals surface area contributed by atoms with Crippen molar-refractivity contribution in [3.8, 4) is 0 Å². The molecule has 0 radical (unpaired) electrons. The Labute approximate surface area is 137 Å². The van der Waals surface area contributed by atoms with Crippen LogP contribution >= 0.6 is 0 Å². The van der Waals surface area contributed by atoms with E-state index in [2.05, 4.69) is 10.6 Å². The molecule has 0 bridgehead atoms. The molecule has 0 rings (SSSR count). The Balaban J connectivity index is 4.67. The summed E-state index contributed by atoms with van der Waals surface area (Å²) < 4.78 is 0. The second-order valence-electron chi connectivity index (χ2n) is 6.80. The van der Waals surface area contributed by atoms with Gasteiger partial charge in [0.15, 0.2) is 0 Å². The molecule has 4 N–H and O–H groups in total. The van der Waals surface area contributed by atoms with Gasteiger partial charge >= 0.3 is 5.97 Å². The molecule has 0 aromatic carbocycles. The molecule has 7 heteroatoms. The number of rotatable bonds is 10. The first kappa shape index (κ1) is 21.4. The molecule has 0 saturated heterocycles. The smallest absolute Gasteiger partial charge is 0.325 e. The minimum Gasteiger partial charge on any atom is -0.480 e. The average Bonchev–Trinajstić information content (AvgIpc) is 2.35. The van der Waals surface area contributed by atoms with Gasteiger partial charge in [-0.3, -0.25) is 14.4 Å². The molecule has 0 aromatic rings. The lowest BCUT2D eigenvalue weighted by Crippen LogP contribution is -2.47. The van der Waals surface area contributed by atoms with E-state index < -0.39 is 30.1 Å². The van der Waals surface area contributed by atoms with Gasteiger partial charge in [0.25, 0.3) is 0 Å². The van der Waals surface area contributed by atoms with Crippen LogP contribution in [0.15, 0.2) is 0 Å². The number of aliphatic hydroxyl groups is 1. The quantitative estimate of drug-likeness (QED) is 0.475. The summed E-state index contributed by atoms with van der Waals surface area (Å²) >= 11 is 0. The second-order valence-corrected chi connectivity index (χ2v) is 6.80. The van der Waals surface area contributed by atoms with Crippen molar-refractivity contribution in [2.75, 3.05) is 0 Å². The van der Waals surface area contributed by atoms with E-state index in [1.54, 1.807) is 0 Å². The van der Waals surface area contributed by atoms with Crippen LogP contribution in [0.1, 0.15) is 53.9 Å². The van der Waals surface area contributed by atoms with Crippen LogP contribution < -0.4 is 10.6 Å². The molecule has 0 aliphatic rings. The largest absolute Gasteiger partial charge is 0.480 e. The van der Waals surface area contributed by atoms with E-state index in [0.717, 1.165) is 0 Å². The number of carbonyl (C=O) groups is 3. The topological polar surface area (TPSA) is 116 Å². The van der Waals surface area contributed by atoms with Crippen molar-refractivity contribution < 1.29 is 24.6 Å². The van der Waals surface area contributed by atoms with Crippen LogP contribution in [0.2, 0.25) is 0 Å². The van der Waals surface area contributed by atoms with E-state index in [-0.39, 0.29) is 24.2 Å².